The highest BCUT2D eigenvalue weighted by atomic mass is 19.4. The van der Waals surface area contributed by atoms with Crippen LogP contribution in [0.2, 0.25) is 0 Å². The van der Waals surface area contributed by atoms with Crippen LogP contribution < -0.4 is 15.5 Å². The number of rotatable bonds is 3. The third-order valence-electron chi connectivity index (χ3n) is 5.30. The van der Waals surface area contributed by atoms with Crippen LogP contribution in [0.5, 0.6) is 0 Å². The lowest BCUT2D eigenvalue weighted by atomic mass is 9.89. The molecule has 164 valence electrons. The molecule has 0 unspecified atom stereocenters. The molecule has 1 fully saturated rings. The smallest absolute Gasteiger partial charge is 0.378 e. The highest BCUT2D eigenvalue weighted by Crippen LogP contribution is 2.38. The number of benzene rings is 2. The van der Waals surface area contributed by atoms with Crippen LogP contribution >= 0.6 is 0 Å². The van der Waals surface area contributed by atoms with Crippen LogP contribution in [0.15, 0.2) is 36.4 Å². The van der Waals surface area contributed by atoms with Crippen molar-refractivity contribution in [2.24, 2.45) is 0 Å². The summed E-state index contributed by atoms with van der Waals surface area (Å²) in [7, 11) is 0. The van der Waals surface area contributed by atoms with Crippen LogP contribution in [-0.2, 0) is 20.5 Å². The van der Waals surface area contributed by atoms with Crippen LogP contribution in [0.1, 0.15) is 23.5 Å². The molecule has 2 aliphatic rings. The molecule has 0 aliphatic carbocycles. The molecule has 0 spiro atoms. The van der Waals surface area contributed by atoms with Gasteiger partial charge >= 0.3 is 6.18 Å². The summed E-state index contributed by atoms with van der Waals surface area (Å²) in [5, 5.41) is 5.08. The molecule has 2 N–H and O–H groups in total. The number of hydrogen-bond acceptors (Lipinski definition) is 4. The SMILES string of the molecule is O=C1C[C@H](C(=O)Nc2cc(C(F)(F)F)ccc2N2CCOCC2)c2ccc(F)cc2N1. The van der Waals surface area contributed by atoms with E-state index in [0.29, 0.717) is 37.6 Å². The van der Waals surface area contributed by atoms with E-state index in [2.05, 4.69) is 10.6 Å². The molecule has 0 radical (unpaired) electrons. The first-order valence-electron chi connectivity index (χ1n) is 9.66. The Balaban J connectivity index is 1.68. The van der Waals surface area contributed by atoms with Crippen molar-refractivity contribution in [2.45, 2.75) is 18.5 Å². The minimum absolute atomic E-state index is 0.00336. The van der Waals surface area contributed by atoms with Gasteiger partial charge in [0.1, 0.15) is 5.82 Å². The number of carbonyl (C=O) groups is 2. The highest BCUT2D eigenvalue weighted by molar-refractivity contribution is 6.06. The fourth-order valence-electron chi connectivity index (χ4n) is 3.78. The second kappa shape index (κ2) is 8.18. The molecule has 10 heteroatoms. The number of nitrogens with zero attached hydrogens (tertiary/aromatic N) is 1. The standard InChI is InChI=1S/C21H19F4N3O3/c22-13-2-3-14-15(11-19(29)26-16(14)10-13)20(30)27-17-9-12(21(23,24)25)1-4-18(17)28-5-7-31-8-6-28/h1-4,9-10,15H,5-8,11H2,(H,26,29)(H,27,30)/t15-/m0/s1. The van der Waals surface area contributed by atoms with Gasteiger partial charge in [-0.1, -0.05) is 6.07 Å². The molecule has 2 heterocycles. The van der Waals surface area contributed by atoms with E-state index in [0.717, 1.165) is 18.2 Å². The van der Waals surface area contributed by atoms with Gasteiger partial charge in [-0.05, 0) is 35.9 Å². The lowest BCUT2D eigenvalue weighted by Crippen LogP contribution is -2.37. The molecule has 2 aromatic rings. The van der Waals surface area contributed by atoms with E-state index in [9.17, 15) is 27.2 Å². The highest BCUT2D eigenvalue weighted by Gasteiger charge is 2.34. The lowest BCUT2D eigenvalue weighted by Gasteiger charge is -2.31. The lowest BCUT2D eigenvalue weighted by molar-refractivity contribution is -0.137. The number of ether oxygens (including phenoxy) is 1. The summed E-state index contributed by atoms with van der Waals surface area (Å²) >= 11 is 0. The van der Waals surface area contributed by atoms with Crippen LogP contribution in [0.4, 0.5) is 34.6 Å². The summed E-state index contributed by atoms with van der Waals surface area (Å²) in [5.74, 6) is -2.66. The molecule has 0 saturated carbocycles. The van der Waals surface area contributed by atoms with Crippen molar-refractivity contribution in [3.63, 3.8) is 0 Å². The summed E-state index contributed by atoms with van der Waals surface area (Å²) < 4.78 is 58.7. The van der Waals surface area contributed by atoms with E-state index >= 15 is 0 Å². The summed E-state index contributed by atoms with van der Waals surface area (Å²) in [6.45, 7) is 1.75. The normalized spacial score (nSPS) is 18.9. The molecule has 6 nitrogen and oxygen atoms in total. The quantitative estimate of drug-likeness (QED) is 0.718. The topological polar surface area (TPSA) is 70.7 Å². The monoisotopic (exact) mass is 437 g/mol. The number of hydrogen-bond donors (Lipinski definition) is 2. The van der Waals surface area contributed by atoms with Gasteiger partial charge in [0.25, 0.3) is 0 Å². The molecule has 2 amide bonds. The largest absolute Gasteiger partial charge is 0.416 e. The Morgan fingerprint density at radius 2 is 1.87 bits per heavy atom. The Bertz CT molecular complexity index is 1020. The van der Waals surface area contributed by atoms with E-state index in [1.165, 1.54) is 18.2 Å². The van der Waals surface area contributed by atoms with Crippen molar-refractivity contribution in [1.29, 1.82) is 0 Å². The summed E-state index contributed by atoms with van der Waals surface area (Å²) in [5.41, 5.74) is 0.108. The number of morpholine rings is 1. The van der Waals surface area contributed by atoms with Gasteiger partial charge in [-0.3, -0.25) is 9.59 Å². The first kappa shape index (κ1) is 21.1. The van der Waals surface area contributed by atoms with Crippen molar-refractivity contribution in [3.8, 4) is 0 Å². The van der Waals surface area contributed by atoms with Gasteiger partial charge in [0, 0.05) is 25.2 Å². The Morgan fingerprint density at radius 1 is 1.13 bits per heavy atom. The molecule has 2 aromatic carbocycles. The molecule has 1 saturated heterocycles. The van der Waals surface area contributed by atoms with Gasteiger partial charge in [-0.2, -0.15) is 13.2 Å². The van der Waals surface area contributed by atoms with Crippen molar-refractivity contribution < 1.29 is 31.9 Å². The van der Waals surface area contributed by atoms with Gasteiger partial charge in [-0.25, -0.2) is 4.39 Å². The van der Waals surface area contributed by atoms with Crippen LogP contribution in [0.25, 0.3) is 0 Å². The predicted octanol–water partition coefficient (Wildman–Crippen LogP) is 3.75. The summed E-state index contributed by atoms with van der Waals surface area (Å²) in [6.07, 6.45) is -4.78. The molecule has 31 heavy (non-hydrogen) atoms. The molecule has 2 aliphatic heterocycles. The van der Waals surface area contributed by atoms with Crippen LogP contribution in [0, 0.1) is 5.82 Å². The maximum Gasteiger partial charge on any atom is 0.416 e. The maximum atomic E-state index is 13.5. The fourth-order valence-corrected chi connectivity index (χ4v) is 3.78. The number of alkyl halides is 3. The van der Waals surface area contributed by atoms with E-state index in [1.54, 1.807) is 0 Å². The molecule has 1 atom stereocenters. The van der Waals surface area contributed by atoms with Gasteiger partial charge in [0.2, 0.25) is 11.8 Å². The van der Waals surface area contributed by atoms with Crippen molar-refractivity contribution >= 4 is 28.9 Å². The molecular weight excluding hydrogens is 418 g/mol. The van der Waals surface area contributed by atoms with Gasteiger partial charge in [0.05, 0.1) is 36.1 Å². The van der Waals surface area contributed by atoms with Crippen molar-refractivity contribution in [1.82, 2.24) is 0 Å². The summed E-state index contributed by atoms with van der Waals surface area (Å²) in [4.78, 5) is 26.9. The van der Waals surface area contributed by atoms with Gasteiger partial charge in [-0.15, -0.1) is 0 Å². The number of nitrogens with one attached hydrogen (secondary N) is 2. The molecule has 0 aromatic heterocycles. The second-order valence-electron chi connectivity index (χ2n) is 7.35. The Labute approximate surface area is 175 Å². The van der Waals surface area contributed by atoms with E-state index < -0.39 is 35.3 Å². The van der Waals surface area contributed by atoms with Crippen LogP contribution in [-0.4, -0.2) is 38.1 Å². The minimum atomic E-state index is -4.59. The zero-order valence-electron chi connectivity index (χ0n) is 16.3. The number of anilines is 3. The number of halogens is 4. The Morgan fingerprint density at radius 3 is 2.58 bits per heavy atom. The Kier molecular flexibility index (Phi) is 5.57. The van der Waals surface area contributed by atoms with Gasteiger partial charge in [0.15, 0.2) is 0 Å². The van der Waals surface area contributed by atoms with E-state index in [1.807, 2.05) is 4.90 Å². The second-order valence-corrected chi connectivity index (χ2v) is 7.35. The van der Waals surface area contributed by atoms with E-state index in [4.69, 9.17) is 4.74 Å². The summed E-state index contributed by atoms with van der Waals surface area (Å²) in [6, 6.07) is 6.84. The first-order valence-corrected chi connectivity index (χ1v) is 9.66. The Hall–Kier alpha value is -3.14. The molecular formula is C21H19F4N3O3. The third kappa shape index (κ3) is 4.48. The number of fused-ring (bicyclic) bond motifs is 1. The average molecular weight is 437 g/mol. The fraction of sp³-hybridized carbons (Fsp3) is 0.333. The molecule has 0 bridgehead atoms. The maximum absolute atomic E-state index is 13.5. The predicted molar refractivity (Wildman–Crippen MR) is 105 cm³/mol. The minimum Gasteiger partial charge on any atom is -0.378 e. The van der Waals surface area contributed by atoms with Crippen molar-refractivity contribution in [2.75, 3.05) is 41.8 Å². The average Bonchev–Trinajstić information content (AvgIpc) is 2.72. The third-order valence-corrected chi connectivity index (χ3v) is 5.30. The zero-order chi connectivity index (χ0) is 22.2. The zero-order valence-corrected chi connectivity index (χ0v) is 16.3. The van der Waals surface area contributed by atoms with Crippen LogP contribution in [0.3, 0.4) is 0 Å². The van der Waals surface area contributed by atoms with E-state index in [-0.39, 0.29) is 17.8 Å². The molecule has 4 rings (SSSR count). The number of carbonyl (C=O) groups excluding carboxylic acids is 2. The first-order chi connectivity index (χ1) is 14.7. The van der Waals surface area contributed by atoms with Crippen molar-refractivity contribution in [3.05, 3.63) is 53.3 Å². The van der Waals surface area contributed by atoms with Gasteiger partial charge < -0.3 is 20.3 Å². The number of amides is 2.